The van der Waals surface area contributed by atoms with E-state index in [4.69, 9.17) is 37.0 Å². The highest BCUT2D eigenvalue weighted by Gasteiger charge is 2.30. The van der Waals surface area contributed by atoms with Gasteiger partial charge in [-0.05, 0) is 31.6 Å². The third-order valence-electron chi connectivity index (χ3n) is 16.3. The topological polar surface area (TPSA) is 237 Å². The number of carbonyl (C=O) groups is 4. The number of phosphoric ester groups is 2. The Kier molecular flexibility index (Phi) is 62.1. The van der Waals surface area contributed by atoms with Crippen LogP contribution in [0, 0.1) is 5.92 Å². The normalized spacial score (nSPS) is 14.1. The van der Waals surface area contributed by atoms with Crippen LogP contribution in [0.5, 0.6) is 0 Å². The predicted molar refractivity (Wildman–Crippen MR) is 358 cm³/mol. The highest BCUT2D eigenvalue weighted by Crippen LogP contribution is 2.45. The molecule has 0 aliphatic rings. The Morgan fingerprint density at radius 3 is 0.764 bits per heavy atom. The molecule has 0 radical (unpaired) electrons. The van der Waals surface area contributed by atoms with E-state index >= 15 is 0 Å². The molecule has 2 unspecified atom stereocenters. The molecule has 0 rings (SSSR count). The highest BCUT2D eigenvalue weighted by atomic mass is 31.2. The molecular weight excluding hydrogens is 1170 g/mol. The summed E-state index contributed by atoms with van der Waals surface area (Å²) in [6.45, 7) is 7.21. The smallest absolute Gasteiger partial charge is 0.462 e. The molecule has 89 heavy (non-hydrogen) atoms. The van der Waals surface area contributed by atoms with Gasteiger partial charge in [-0.3, -0.25) is 37.3 Å². The summed E-state index contributed by atoms with van der Waals surface area (Å²) in [6.07, 6.45) is 50.0. The number of rotatable bonds is 70. The second kappa shape index (κ2) is 63.5. The van der Waals surface area contributed by atoms with Gasteiger partial charge in [-0.25, -0.2) is 9.13 Å². The zero-order chi connectivity index (χ0) is 65.6. The zero-order valence-electron chi connectivity index (χ0n) is 57.6. The molecule has 528 valence electrons. The van der Waals surface area contributed by atoms with E-state index in [1.165, 1.54) is 180 Å². The van der Waals surface area contributed by atoms with Crippen LogP contribution in [0.1, 0.15) is 362 Å². The standard InChI is InChI=1S/C70H136O17P2/c1-6-9-12-15-18-21-23-24-25-26-27-28-29-30-36-41-46-51-56-70(75)87-66(60-81-68(73)54-49-44-39-35-32-31-33-37-42-47-52-63(4)5)62-85-89(78,79)83-58-64(71)57-82-88(76,77)84-61-65(59-80-67(72)53-48-43-38-20-17-14-11-8-3)86-69(74)55-50-45-40-34-22-19-16-13-10-7-2/h63-66,71H,6-62H2,1-5H3,(H,76,77)(H,78,79)/t64-,65+,66+/m0/s1. The van der Waals surface area contributed by atoms with Gasteiger partial charge in [0.1, 0.15) is 19.3 Å². The Bertz CT molecular complexity index is 1720. The van der Waals surface area contributed by atoms with Crippen molar-refractivity contribution in [2.24, 2.45) is 5.92 Å². The first-order chi connectivity index (χ1) is 43.0. The second-order valence-electron chi connectivity index (χ2n) is 25.7. The zero-order valence-corrected chi connectivity index (χ0v) is 59.4. The SMILES string of the molecule is CCCCCCCCCCCCCCCCCCCCC(=O)O[C@H](COC(=O)CCCCCCCCCCCCC(C)C)COP(=O)(O)OC[C@@H](O)COP(=O)(O)OC[C@@H](COC(=O)CCCCCCCCCC)OC(=O)CCCCCCCCCCCC. The Hall–Kier alpha value is -1.94. The number of aliphatic hydroxyl groups excluding tert-OH is 1. The van der Waals surface area contributed by atoms with Gasteiger partial charge >= 0.3 is 39.5 Å². The fourth-order valence-corrected chi connectivity index (χ4v) is 12.2. The van der Waals surface area contributed by atoms with Crippen LogP contribution in [-0.2, 0) is 65.4 Å². The van der Waals surface area contributed by atoms with Crippen LogP contribution in [0.15, 0.2) is 0 Å². The number of carbonyl (C=O) groups excluding carboxylic acids is 4. The maximum atomic E-state index is 13.0. The van der Waals surface area contributed by atoms with Gasteiger partial charge in [0, 0.05) is 25.7 Å². The van der Waals surface area contributed by atoms with E-state index in [0.717, 1.165) is 102 Å². The molecular formula is C70H136O17P2. The quantitative estimate of drug-likeness (QED) is 0.0222. The molecule has 0 aromatic rings. The minimum Gasteiger partial charge on any atom is -0.462 e. The third-order valence-corrected chi connectivity index (χ3v) is 18.2. The van der Waals surface area contributed by atoms with Crippen LogP contribution in [0.25, 0.3) is 0 Å². The maximum Gasteiger partial charge on any atom is 0.472 e. The molecule has 17 nitrogen and oxygen atoms in total. The van der Waals surface area contributed by atoms with Crippen LogP contribution < -0.4 is 0 Å². The van der Waals surface area contributed by atoms with E-state index in [-0.39, 0.29) is 25.7 Å². The van der Waals surface area contributed by atoms with Crippen LogP contribution in [-0.4, -0.2) is 96.7 Å². The Labute approximate surface area is 543 Å². The summed E-state index contributed by atoms with van der Waals surface area (Å²) in [5.74, 6) is -1.37. The van der Waals surface area contributed by atoms with Crippen molar-refractivity contribution in [3.8, 4) is 0 Å². The average Bonchev–Trinajstić information content (AvgIpc) is 3.57. The molecule has 0 saturated heterocycles. The molecule has 0 aliphatic heterocycles. The molecule has 0 aromatic heterocycles. The van der Waals surface area contributed by atoms with E-state index in [9.17, 15) is 43.2 Å². The number of unbranched alkanes of at least 4 members (excludes halogenated alkanes) is 42. The average molecular weight is 1310 g/mol. The monoisotopic (exact) mass is 1310 g/mol. The minimum absolute atomic E-state index is 0.106. The van der Waals surface area contributed by atoms with Gasteiger partial charge in [0.2, 0.25) is 0 Å². The van der Waals surface area contributed by atoms with Crippen LogP contribution in [0.2, 0.25) is 0 Å². The number of ether oxygens (including phenoxy) is 4. The predicted octanol–water partition coefficient (Wildman–Crippen LogP) is 20.1. The Morgan fingerprint density at radius 1 is 0.303 bits per heavy atom. The maximum absolute atomic E-state index is 13.0. The lowest BCUT2D eigenvalue weighted by atomic mass is 10.0. The van der Waals surface area contributed by atoms with Crippen LogP contribution >= 0.6 is 15.6 Å². The van der Waals surface area contributed by atoms with E-state index in [2.05, 4.69) is 34.6 Å². The molecule has 0 heterocycles. The molecule has 0 aliphatic carbocycles. The molecule has 0 saturated carbocycles. The van der Waals surface area contributed by atoms with Crippen molar-refractivity contribution < 1.29 is 80.2 Å². The van der Waals surface area contributed by atoms with Gasteiger partial charge in [-0.1, -0.05) is 311 Å². The molecule has 0 aromatic carbocycles. The summed E-state index contributed by atoms with van der Waals surface area (Å²) in [7, 11) is -9.89. The lowest BCUT2D eigenvalue weighted by Gasteiger charge is -2.21. The lowest BCUT2D eigenvalue weighted by molar-refractivity contribution is -0.161. The molecule has 0 bridgehead atoms. The number of hydrogen-bond acceptors (Lipinski definition) is 15. The summed E-state index contributed by atoms with van der Waals surface area (Å²) in [5.41, 5.74) is 0. The first-order valence-corrected chi connectivity index (χ1v) is 39.6. The summed E-state index contributed by atoms with van der Waals surface area (Å²) >= 11 is 0. The van der Waals surface area contributed by atoms with Crippen LogP contribution in [0.3, 0.4) is 0 Å². The number of esters is 4. The summed E-state index contributed by atoms with van der Waals surface area (Å²) in [6, 6.07) is 0. The fraction of sp³-hybridized carbons (Fsp3) is 0.943. The van der Waals surface area contributed by atoms with E-state index in [0.29, 0.717) is 25.7 Å². The molecule has 0 fully saturated rings. The number of hydrogen-bond donors (Lipinski definition) is 3. The van der Waals surface area contributed by atoms with Gasteiger partial charge in [-0.15, -0.1) is 0 Å². The van der Waals surface area contributed by atoms with Gasteiger partial charge < -0.3 is 33.8 Å². The third kappa shape index (κ3) is 64.6. The molecule has 0 amide bonds. The molecule has 5 atom stereocenters. The Balaban J connectivity index is 5.20. The van der Waals surface area contributed by atoms with Gasteiger partial charge in [0.25, 0.3) is 0 Å². The minimum atomic E-state index is -4.95. The lowest BCUT2D eigenvalue weighted by Crippen LogP contribution is -2.30. The van der Waals surface area contributed by atoms with Crippen LogP contribution in [0.4, 0.5) is 0 Å². The summed E-state index contributed by atoms with van der Waals surface area (Å²) in [4.78, 5) is 72.4. The molecule has 19 heteroatoms. The number of phosphoric acid groups is 2. The van der Waals surface area contributed by atoms with Crippen molar-refractivity contribution in [2.75, 3.05) is 39.6 Å². The van der Waals surface area contributed by atoms with Crippen molar-refractivity contribution in [3.05, 3.63) is 0 Å². The fourth-order valence-electron chi connectivity index (χ4n) is 10.6. The first-order valence-electron chi connectivity index (χ1n) is 36.6. The second-order valence-corrected chi connectivity index (χ2v) is 28.7. The van der Waals surface area contributed by atoms with Gasteiger partial charge in [0.05, 0.1) is 26.4 Å². The van der Waals surface area contributed by atoms with Crippen molar-refractivity contribution in [2.45, 2.75) is 380 Å². The van der Waals surface area contributed by atoms with E-state index in [1.807, 2.05) is 0 Å². The van der Waals surface area contributed by atoms with Crippen molar-refractivity contribution in [1.82, 2.24) is 0 Å². The summed E-state index contributed by atoms with van der Waals surface area (Å²) in [5, 5.41) is 10.6. The molecule has 3 N–H and O–H groups in total. The van der Waals surface area contributed by atoms with E-state index in [1.54, 1.807) is 0 Å². The van der Waals surface area contributed by atoms with E-state index < -0.39 is 97.5 Å². The largest absolute Gasteiger partial charge is 0.472 e. The summed E-state index contributed by atoms with van der Waals surface area (Å²) < 4.78 is 68.2. The highest BCUT2D eigenvalue weighted by molar-refractivity contribution is 7.47. The van der Waals surface area contributed by atoms with Gasteiger partial charge in [-0.2, -0.15) is 0 Å². The molecule has 0 spiro atoms. The van der Waals surface area contributed by atoms with Crippen molar-refractivity contribution >= 4 is 39.5 Å². The van der Waals surface area contributed by atoms with Gasteiger partial charge in [0.15, 0.2) is 12.2 Å². The Morgan fingerprint density at radius 2 is 0.517 bits per heavy atom. The van der Waals surface area contributed by atoms with Crippen molar-refractivity contribution in [1.29, 1.82) is 0 Å². The first kappa shape index (κ1) is 87.1. The van der Waals surface area contributed by atoms with Crippen molar-refractivity contribution in [3.63, 3.8) is 0 Å². The number of aliphatic hydroxyl groups is 1.